The Morgan fingerprint density at radius 3 is 0.700 bits per heavy atom. The van der Waals surface area contributed by atoms with Gasteiger partial charge in [0.15, 0.2) is 0 Å². The molecule has 0 heterocycles. The Hall–Kier alpha value is -0.930. The zero-order valence-electron chi connectivity index (χ0n) is 39.2. The first kappa shape index (κ1) is 59.1. The van der Waals surface area contributed by atoms with Crippen molar-refractivity contribution in [3.8, 4) is 0 Å². The molecule has 0 unspecified atom stereocenters. The van der Waals surface area contributed by atoms with Crippen LogP contribution in [-0.2, 0) is 56.9 Å². The molecule has 0 rings (SSSR count). The zero-order chi connectivity index (χ0) is 43.2. The van der Waals surface area contributed by atoms with Crippen LogP contribution in [0.5, 0.6) is 0 Å². The van der Waals surface area contributed by atoms with Gasteiger partial charge < -0.3 is 52.1 Å². The van der Waals surface area contributed by atoms with Crippen LogP contribution in [0.4, 0.5) is 0 Å². The summed E-state index contributed by atoms with van der Waals surface area (Å²) in [5.41, 5.74) is 0. The number of rotatable bonds is 55. The quantitative estimate of drug-likeness (QED) is 0.0428. The van der Waals surface area contributed by atoms with Crippen LogP contribution in [0.3, 0.4) is 0 Å². The van der Waals surface area contributed by atoms with Gasteiger partial charge in [-0.15, -0.1) is 0 Å². The van der Waals surface area contributed by atoms with Gasteiger partial charge >= 0.3 is 5.97 Å². The van der Waals surface area contributed by atoms with E-state index < -0.39 is 0 Å². The Labute approximate surface area is 368 Å². The minimum Gasteiger partial charge on any atom is -0.463 e. The fourth-order valence-electron chi connectivity index (χ4n) is 6.35. The van der Waals surface area contributed by atoms with Crippen molar-refractivity contribution in [2.45, 2.75) is 168 Å². The van der Waals surface area contributed by atoms with Crippen LogP contribution in [0.1, 0.15) is 168 Å². The van der Waals surface area contributed by atoms with E-state index in [0.29, 0.717) is 139 Å². The van der Waals surface area contributed by atoms with E-state index in [1.54, 1.807) is 0 Å². The van der Waals surface area contributed by atoms with Crippen molar-refractivity contribution in [3.63, 3.8) is 0 Å². The molecule has 12 nitrogen and oxygen atoms in total. The van der Waals surface area contributed by atoms with Crippen molar-refractivity contribution in [2.24, 2.45) is 0 Å². The number of unbranched alkanes of at least 4 members (excludes halogenated alkanes) is 21. The molecule has 0 bridgehead atoms. The number of ether oxygens (including phenoxy) is 11. The van der Waals surface area contributed by atoms with Gasteiger partial charge in [0.1, 0.15) is 6.61 Å². The SMILES string of the molecule is CCCCCCCCCCCCCCCCCC(=O)OCCOCCOCCOCCOCCOCCOCCOCCOCCOCCOCCCCCCCCCC. The highest BCUT2D eigenvalue weighted by Crippen LogP contribution is 2.14. The first-order valence-corrected chi connectivity index (χ1v) is 24.7. The third kappa shape index (κ3) is 55.1. The van der Waals surface area contributed by atoms with Gasteiger partial charge in [0.05, 0.1) is 126 Å². The van der Waals surface area contributed by atoms with Crippen LogP contribution in [0.25, 0.3) is 0 Å². The highest BCUT2D eigenvalue weighted by molar-refractivity contribution is 5.69. The Bertz CT molecular complexity index is 778. The van der Waals surface area contributed by atoms with Crippen LogP contribution < -0.4 is 0 Å². The second kappa shape index (κ2) is 56.1. The number of hydrogen-bond acceptors (Lipinski definition) is 12. The summed E-state index contributed by atoms with van der Waals surface area (Å²) in [6, 6.07) is 0. The smallest absolute Gasteiger partial charge is 0.305 e. The summed E-state index contributed by atoms with van der Waals surface area (Å²) < 4.78 is 60.6. The van der Waals surface area contributed by atoms with Crippen molar-refractivity contribution in [1.82, 2.24) is 0 Å². The maximum Gasteiger partial charge on any atom is 0.305 e. The maximum absolute atomic E-state index is 11.9. The van der Waals surface area contributed by atoms with E-state index in [1.165, 1.54) is 128 Å². The van der Waals surface area contributed by atoms with Crippen LogP contribution in [0.15, 0.2) is 0 Å². The van der Waals surface area contributed by atoms with Crippen LogP contribution in [0, 0.1) is 0 Å². The van der Waals surface area contributed by atoms with E-state index >= 15 is 0 Å². The molecule has 0 aliphatic heterocycles. The average Bonchev–Trinajstić information content (AvgIpc) is 3.25. The van der Waals surface area contributed by atoms with Gasteiger partial charge in [-0.2, -0.15) is 0 Å². The summed E-state index contributed by atoms with van der Waals surface area (Å²) in [4.78, 5) is 11.9. The highest BCUT2D eigenvalue weighted by atomic mass is 16.6. The molecule has 0 aliphatic rings. The fraction of sp³-hybridized carbons (Fsp3) is 0.979. The number of carbonyl (C=O) groups excluding carboxylic acids is 1. The molecule has 12 heteroatoms. The lowest BCUT2D eigenvalue weighted by molar-refractivity contribution is -0.145. The lowest BCUT2D eigenvalue weighted by atomic mass is 10.0. The molecule has 0 fully saturated rings. The molecule has 0 saturated carbocycles. The van der Waals surface area contributed by atoms with Crippen LogP contribution in [0.2, 0.25) is 0 Å². The van der Waals surface area contributed by atoms with E-state index in [9.17, 15) is 4.79 Å². The second-order valence-electron chi connectivity index (χ2n) is 15.5. The monoisotopic (exact) mass is 865 g/mol. The van der Waals surface area contributed by atoms with E-state index in [4.69, 9.17) is 52.1 Å². The minimum absolute atomic E-state index is 0.127. The third-order valence-electron chi connectivity index (χ3n) is 9.97. The summed E-state index contributed by atoms with van der Waals surface area (Å²) in [6.45, 7) is 15.5. The molecule has 0 atom stereocenters. The highest BCUT2D eigenvalue weighted by Gasteiger charge is 2.03. The summed E-state index contributed by atoms with van der Waals surface area (Å²) in [5.74, 6) is -0.127. The number of esters is 1. The molecule has 0 aromatic heterocycles. The standard InChI is InChI=1S/C48H96O12/c1-3-5-7-9-11-13-14-15-16-17-18-19-20-22-24-26-48(49)60-47-46-59-45-44-58-43-42-57-41-40-56-39-38-55-37-36-54-35-34-53-33-32-52-31-30-51-29-28-50-27-25-23-21-12-10-8-6-4-2/h3-47H2,1-2H3. The third-order valence-corrected chi connectivity index (χ3v) is 9.97. The van der Waals surface area contributed by atoms with Gasteiger partial charge in [-0.25, -0.2) is 0 Å². The predicted octanol–water partition coefficient (Wildman–Crippen LogP) is 10.1. The molecule has 0 N–H and O–H groups in total. The van der Waals surface area contributed by atoms with E-state index in [0.717, 1.165) is 25.9 Å². The Morgan fingerprint density at radius 2 is 0.433 bits per heavy atom. The van der Waals surface area contributed by atoms with E-state index in [2.05, 4.69) is 13.8 Å². The molecule has 0 spiro atoms. The van der Waals surface area contributed by atoms with Crippen molar-refractivity contribution in [2.75, 3.05) is 139 Å². The summed E-state index contributed by atoms with van der Waals surface area (Å²) in [7, 11) is 0. The maximum atomic E-state index is 11.9. The van der Waals surface area contributed by atoms with E-state index in [-0.39, 0.29) is 5.97 Å². The fourth-order valence-corrected chi connectivity index (χ4v) is 6.35. The normalized spacial score (nSPS) is 11.6. The first-order valence-electron chi connectivity index (χ1n) is 24.7. The molecule has 360 valence electrons. The van der Waals surface area contributed by atoms with Crippen molar-refractivity contribution in [3.05, 3.63) is 0 Å². The lowest BCUT2D eigenvalue weighted by Crippen LogP contribution is -2.15. The molecule has 0 aromatic rings. The van der Waals surface area contributed by atoms with Gasteiger partial charge in [0.2, 0.25) is 0 Å². The topological polar surface area (TPSA) is 119 Å². The van der Waals surface area contributed by atoms with E-state index in [1.807, 2.05) is 0 Å². The minimum atomic E-state index is -0.127. The molecule has 0 amide bonds. The molecule has 0 aliphatic carbocycles. The zero-order valence-corrected chi connectivity index (χ0v) is 39.2. The lowest BCUT2D eigenvalue weighted by Gasteiger charge is -2.09. The molecule has 0 radical (unpaired) electrons. The molecule has 0 aromatic carbocycles. The summed E-state index contributed by atoms with van der Waals surface area (Å²) in [5, 5.41) is 0. The molecular formula is C48H96O12. The van der Waals surface area contributed by atoms with Crippen molar-refractivity contribution < 1.29 is 56.9 Å². The predicted molar refractivity (Wildman–Crippen MR) is 241 cm³/mol. The van der Waals surface area contributed by atoms with Gasteiger partial charge in [0.25, 0.3) is 0 Å². The largest absolute Gasteiger partial charge is 0.463 e. The average molecular weight is 865 g/mol. The van der Waals surface area contributed by atoms with Crippen LogP contribution >= 0.6 is 0 Å². The number of carbonyl (C=O) groups is 1. The Morgan fingerprint density at radius 1 is 0.233 bits per heavy atom. The Kier molecular flexibility index (Phi) is 55.2. The summed E-state index contributed by atoms with van der Waals surface area (Å²) in [6.07, 6.45) is 30.8. The molecular weight excluding hydrogens is 769 g/mol. The molecule has 60 heavy (non-hydrogen) atoms. The first-order chi connectivity index (χ1) is 29.8. The molecule has 0 saturated heterocycles. The van der Waals surface area contributed by atoms with Crippen molar-refractivity contribution >= 4 is 5.97 Å². The second-order valence-corrected chi connectivity index (χ2v) is 15.5. The number of hydrogen-bond donors (Lipinski definition) is 0. The Balaban J connectivity index is 3.12. The van der Waals surface area contributed by atoms with Gasteiger partial charge in [-0.3, -0.25) is 4.79 Å². The van der Waals surface area contributed by atoms with Gasteiger partial charge in [0, 0.05) is 13.0 Å². The van der Waals surface area contributed by atoms with Crippen molar-refractivity contribution in [1.29, 1.82) is 0 Å². The van der Waals surface area contributed by atoms with Gasteiger partial charge in [-0.05, 0) is 12.8 Å². The summed E-state index contributed by atoms with van der Waals surface area (Å²) >= 11 is 0. The van der Waals surface area contributed by atoms with Gasteiger partial charge in [-0.1, -0.05) is 149 Å². The van der Waals surface area contributed by atoms with Crippen LogP contribution in [-0.4, -0.2) is 145 Å².